The van der Waals surface area contributed by atoms with Crippen LogP contribution in [0.1, 0.15) is 52.0 Å². The quantitative estimate of drug-likeness (QED) is 0.777. The summed E-state index contributed by atoms with van der Waals surface area (Å²) in [6.07, 6.45) is 1.19. The number of hydrogen-bond donors (Lipinski definition) is 0. The summed E-state index contributed by atoms with van der Waals surface area (Å²) in [5, 5.41) is 0. The molecular weight excluding hydrogens is 336 g/mol. The Hall–Kier alpha value is -1.40. The molecule has 2 rings (SSSR count). The minimum Gasteiger partial charge on any atom is -0.343 e. The fourth-order valence-corrected chi connectivity index (χ4v) is 4.78. The monoisotopic (exact) mass is 366 g/mol. The van der Waals surface area contributed by atoms with Gasteiger partial charge in [-0.1, -0.05) is 26.0 Å². The molecule has 1 aliphatic heterocycles. The van der Waals surface area contributed by atoms with Gasteiger partial charge in [0.15, 0.2) is 0 Å². The summed E-state index contributed by atoms with van der Waals surface area (Å²) in [4.78, 5) is 14.6. The van der Waals surface area contributed by atoms with Gasteiger partial charge in [-0.3, -0.25) is 4.79 Å². The number of rotatable bonds is 6. The van der Waals surface area contributed by atoms with Crippen LogP contribution in [-0.2, 0) is 14.8 Å². The van der Waals surface area contributed by atoms with Crippen LogP contribution in [-0.4, -0.2) is 49.7 Å². The van der Waals surface area contributed by atoms with Crippen molar-refractivity contribution in [3.63, 3.8) is 0 Å². The third kappa shape index (κ3) is 4.42. The maximum absolute atomic E-state index is 12.8. The Bertz CT molecular complexity index is 671. The number of amides is 1. The van der Waals surface area contributed by atoms with E-state index < -0.39 is 10.0 Å². The standard InChI is InChI=1S/C19H30N2O3S/c1-5-20(6-2)19(22)17-11-13-21(14-12-17)25(23,24)18-9-7-16(8-10-18)15(3)4/h7-10,15,17H,5-6,11-14H2,1-4H3. The largest absolute Gasteiger partial charge is 0.343 e. The van der Waals surface area contributed by atoms with Gasteiger partial charge in [-0.15, -0.1) is 0 Å². The van der Waals surface area contributed by atoms with Gasteiger partial charge in [0.1, 0.15) is 0 Å². The molecule has 1 saturated heterocycles. The highest BCUT2D eigenvalue weighted by atomic mass is 32.2. The fourth-order valence-electron chi connectivity index (χ4n) is 3.31. The van der Waals surface area contributed by atoms with E-state index in [0.29, 0.717) is 49.8 Å². The van der Waals surface area contributed by atoms with Gasteiger partial charge >= 0.3 is 0 Å². The average molecular weight is 367 g/mol. The van der Waals surface area contributed by atoms with Gasteiger partial charge in [-0.2, -0.15) is 4.31 Å². The first-order chi connectivity index (χ1) is 11.8. The highest BCUT2D eigenvalue weighted by Crippen LogP contribution is 2.26. The second-order valence-corrected chi connectivity index (χ2v) is 8.85. The van der Waals surface area contributed by atoms with Crippen molar-refractivity contribution in [1.82, 2.24) is 9.21 Å². The predicted octanol–water partition coefficient (Wildman–Crippen LogP) is 3.08. The Labute approximate surface area is 152 Å². The van der Waals surface area contributed by atoms with Crippen LogP contribution in [0.3, 0.4) is 0 Å². The second kappa shape index (κ2) is 8.32. The molecule has 1 heterocycles. The molecule has 25 heavy (non-hydrogen) atoms. The van der Waals surface area contributed by atoms with Crippen LogP contribution >= 0.6 is 0 Å². The van der Waals surface area contributed by atoms with Crippen molar-refractivity contribution in [2.24, 2.45) is 5.92 Å². The zero-order chi connectivity index (χ0) is 18.6. The summed E-state index contributed by atoms with van der Waals surface area (Å²) in [7, 11) is -3.48. The van der Waals surface area contributed by atoms with Gasteiger partial charge in [0.25, 0.3) is 0 Å². The molecule has 0 saturated carbocycles. The molecule has 1 aliphatic rings. The van der Waals surface area contributed by atoms with Crippen molar-refractivity contribution in [2.45, 2.75) is 51.3 Å². The van der Waals surface area contributed by atoms with Gasteiger partial charge in [0.2, 0.25) is 15.9 Å². The van der Waals surface area contributed by atoms with E-state index in [4.69, 9.17) is 0 Å². The number of nitrogens with zero attached hydrogens (tertiary/aromatic N) is 2. The van der Waals surface area contributed by atoms with Crippen LogP contribution in [0.4, 0.5) is 0 Å². The summed E-state index contributed by atoms with van der Waals surface area (Å²) in [6.45, 7) is 10.3. The van der Waals surface area contributed by atoms with Crippen molar-refractivity contribution in [2.75, 3.05) is 26.2 Å². The van der Waals surface area contributed by atoms with Crippen molar-refractivity contribution in [1.29, 1.82) is 0 Å². The Morgan fingerprint density at radius 1 is 1.12 bits per heavy atom. The summed E-state index contributed by atoms with van der Waals surface area (Å²) in [6, 6.07) is 7.15. The lowest BCUT2D eigenvalue weighted by Gasteiger charge is -2.33. The summed E-state index contributed by atoms with van der Waals surface area (Å²) < 4.78 is 27.2. The zero-order valence-corrected chi connectivity index (χ0v) is 16.6. The van der Waals surface area contributed by atoms with E-state index in [1.54, 1.807) is 12.1 Å². The van der Waals surface area contributed by atoms with Gasteiger partial charge < -0.3 is 4.90 Å². The highest BCUT2D eigenvalue weighted by molar-refractivity contribution is 7.89. The number of benzene rings is 1. The minimum atomic E-state index is -3.48. The third-order valence-corrected chi connectivity index (χ3v) is 6.98. The molecule has 0 atom stereocenters. The molecule has 1 amide bonds. The van der Waals surface area contributed by atoms with E-state index >= 15 is 0 Å². The third-order valence-electron chi connectivity index (χ3n) is 5.06. The van der Waals surface area contributed by atoms with E-state index in [0.717, 1.165) is 5.56 Å². The Morgan fingerprint density at radius 2 is 1.64 bits per heavy atom. The lowest BCUT2D eigenvalue weighted by Crippen LogP contribution is -2.44. The molecule has 0 N–H and O–H groups in total. The van der Waals surface area contributed by atoms with Crippen LogP contribution in [0.5, 0.6) is 0 Å². The topological polar surface area (TPSA) is 57.7 Å². The minimum absolute atomic E-state index is 0.0605. The molecule has 0 unspecified atom stereocenters. The van der Waals surface area contributed by atoms with Crippen LogP contribution in [0.25, 0.3) is 0 Å². The molecular formula is C19H30N2O3S. The molecule has 0 radical (unpaired) electrons. The van der Waals surface area contributed by atoms with E-state index in [9.17, 15) is 13.2 Å². The number of carbonyl (C=O) groups is 1. The van der Waals surface area contributed by atoms with Crippen molar-refractivity contribution in [3.8, 4) is 0 Å². The van der Waals surface area contributed by atoms with Crippen LogP contribution in [0, 0.1) is 5.92 Å². The van der Waals surface area contributed by atoms with Crippen molar-refractivity contribution >= 4 is 15.9 Å². The van der Waals surface area contributed by atoms with Crippen LogP contribution in [0.2, 0.25) is 0 Å². The second-order valence-electron chi connectivity index (χ2n) is 6.91. The number of sulfonamides is 1. The normalized spacial score (nSPS) is 17.0. The maximum Gasteiger partial charge on any atom is 0.243 e. The predicted molar refractivity (Wildman–Crippen MR) is 99.9 cm³/mol. The van der Waals surface area contributed by atoms with E-state index in [1.165, 1.54) is 4.31 Å². The summed E-state index contributed by atoms with van der Waals surface area (Å²) in [5.41, 5.74) is 1.13. The van der Waals surface area contributed by atoms with Crippen LogP contribution in [0.15, 0.2) is 29.2 Å². The van der Waals surface area contributed by atoms with Crippen LogP contribution < -0.4 is 0 Å². The molecule has 140 valence electrons. The lowest BCUT2D eigenvalue weighted by atomic mass is 9.96. The van der Waals surface area contributed by atoms with E-state index in [2.05, 4.69) is 13.8 Å². The first kappa shape index (κ1) is 19.9. The fraction of sp³-hybridized carbons (Fsp3) is 0.632. The number of piperidine rings is 1. The number of carbonyl (C=O) groups excluding carboxylic acids is 1. The Balaban J connectivity index is 2.05. The lowest BCUT2D eigenvalue weighted by molar-refractivity contribution is -0.136. The first-order valence-corrected chi connectivity index (χ1v) is 10.6. The summed E-state index contributed by atoms with van der Waals surface area (Å²) >= 11 is 0. The zero-order valence-electron chi connectivity index (χ0n) is 15.7. The molecule has 0 spiro atoms. The molecule has 0 bridgehead atoms. The Morgan fingerprint density at radius 3 is 2.08 bits per heavy atom. The molecule has 1 aromatic carbocycles. The van der Waals surface area contributed by atoms with Crippen molar-refractivity contribution in [3.05, 3.63) is 29.8 Å². The molecule has 6 heteroatoms. The highest BCUT2D eigenvalue weighted by Gasteiger charge is 2.33. The van der Waals surface area contributed by atoms with Gasteiger partial charge in [0, 0.05) is 32.1 Å². The van der Waals surface area contributed by atoms with Crippen molar-refractivity contribution < 1.29 is 13.2 Å². The average Bonchev–Trinajstić information content (AvgIpc) is 2.62. The molecule has 0 aromatic heterocycles. The smallest absolute Gasteiger partial charge is 0.243 e. The van der Waals surface area contributed by atoms with Gasteiger partial charge in [-0.05, 0) is 50.3 Å². The SMILES string of the molecule is CCN(CC)C(=O)C1CCN(S(=O)(=O)c2ccc(C(C)C)cc2)CC1. The van der Waals surface area contributed by atoms with E-state index in [1.807, 2.05) is 30.9 Å². The molecule has 5 nitrogen and oxygen atoms in total. The van der Waals surface area contributed by atoms with E-state index in [-0.39, 0.29) is 11.8 Å². The number of hydrogen-bond acceptors (Lipinski definition) is 3. The molecule has 0 aliphatic carbocycles. The molecule has 1 aromatic rings. The van der Waals surface area contributed by atoms with Gasteiger partial charge in [0.05, 0.1) is 4.90 Å². The first-order valence-electron chi connectivity index (χ1n) is 9.20. The summed E-state index contributed by atoms with van der Waals surface area (Å²) in [5.74, 6) is 0.469. The van der Waals surface area contributed by atoms with Gasteiger partial charge in [-0.25, -0.2) is 8.42 Å². The molecule has 1 fully saturated rings. The Kier molecular flexibility index (Phi) is 6.63. The maximum atomic E-state index is 12.8.